The van der Waals surface area contributed by atoms with E-state index in [1.165, 1.54) is 18.4 Å². The van der Waals surface area contributed by atoms with Gasteiger partial charge in [-0.2, -0.15) is 0 Å². The third-order valence-electron chi connectivity index (χ3n) is 3.97. The second-order valence-electron chi connectivity index (χ2n) is 5.06. The van der Waals surface area contributed by atoms with Gasteiger partial charge in [0.25, 0.3) is 0 Å². The molecule has 1 heterocycles. The van der Waals surface area contributed by atoms with E-state index in [1.54, 1.807) is 7.11 Å². The lowest BCUT2D eigenvalue weighted by Gasteiger charge is -2.25. The fourth-order valence-electron chi connectivity index (χ4n) is 2.79. The van der Waals surface area contributed by atoms with Crippen LogP contribution in [0.3, 0.4) is 0 Å². The molecular formula is C13H16O2. The highest BCUT2D eigenvalue weighted by molar-refractivity contribution is 5.53. The number of hydrogen-bond donors (Lipinski definition) is 0. The molecule has 0 N–H and O–H groups in total. The van der Waals surface area contributed by atoms with Gasteiger partial charge >= 0.3 is 0 Å². The van der Waals surface area contributed by atoms with E-state index < -0.39 is 0 Å². The second kappa shape index (κ2) is 2.49. The molecule has 1 aromatic rings. The summed E-state index contributed by atoms with van der Waals surface area (Å²) >= 11 is 0. The zero-order chi connectivity index (χ0) is 10.7. The standard InChI is InChI=1S/C13H16O2/c1-12(2)13(6-7-13)10-8-9(14-3)4-5-11(10)15-12/h4-5,8H,6-7H2,1-3H3. The summed E-state index contributed by atoms with van der Waals surface area (Å²) in [5.41, 5.74) is 1.55. The van der Waals surface area contributed by atoms with Crippen LogP contribution in [0.2, 0.25) is 0 Å². The summed E-state index contributed by atoms with van der Waals surface area (Å²) in [5, 5.41) is 0. The Hall–Kier alpha value is -1.18. The van der Waals surface area contributed by atoms with Gasteiger partial charge in [0.1, 0.15) is 17.1 Å². The van der Waals surface area contributed by atoms with Crippen molar-refractivity contribution in [3.63, 3.8) is 0 Å². The van der Waals surface area contributed by atoms with Crippen LogP contribution >= 0.6 is 0 Å². The van der Waals surface area contributed by atoms with Crippen LogP contribution in [-0.2, 0) is 5.41 Å². The van der Waals surface area contributed by atoms with E-state index in [9.17, 15) is 0 Å². The summed E-state index contributed by atoms with van der Waals surface area (Å²) in [6.45, 7) is 4.37. The topological polar surface area (TPSA) is 18.5 Å². The fourth-order valence-corrected chi connectivity index (χ4v) is 2.79. The molecule has 1 spiro atoms. The van der Waals surface area contributed by atoms with Crippen LogP contribution in [0.5, 0.6) is 11.5 Å². The number of ether oxygens (including phenoxy) is 2. The molecule has 15 heavy (non-hydrogen) atoms. The Balaban J connectivity index is 2.15. The highest BCUT2D eigenvalue weighted by atomic mass is 16.5. The lowest BCUT2D eigenvalue weighted by Crippen LogP contribution is -2.36. The van der Waals surface area contributed by atoms with Crippen LogP contribution in [0, 0.1) is 0 Å². The first-order valence-corrected chi connectivity index (χ1v) is 5.47. The van der Waals surface area contributed by atoms with Crippen molar-refractivity contribution in [2.75, 3.05) is 7.11 Å². The molecule has 1 fully saturated rings. The fraction of sp³-hybridized carbons (Fsp3) is 0.538. The third kappa shape index (κ3) is 0.996. The minimum absolute atomic E-state index is 0.0539. The molecule has 2 heteroatoms. The Bertz CT molecular complexity index is 417. The summed E-state index contributed by atoms with van der Waals surface area (Å²) in [4.78, 5) is 0. The number of hydrogen-bond acceptors (Lipinski definition) is 2. The molecule has 1 aliphatic carbocycles. The summed E-state index contributed by atoms with van der Waals surface area (Å²) in [6.07, 6.45) is 2.47. The summed E-state index contributed by atoms with van der Waals surface area (Å²) in [5.74, 6) is 1.97. The van der Waals surface area contributed by atoms with E-state index in [1.807, 2.05) is 12.1 Å². The van der Waals surface area contributed by atoms with Gasteiger partial charge in [-0.3, -0.25) is 0 Å². The molecule has 3 rings (SSSR count). The van der Waals surface area contributed by atoms with Gasteiger partial charge in [-0.1, -0.05) is 0 Å². The Morgan fingerprint density at radius 2 is 2.00 bits per heavy atom. The van der Waals surface area contributed by atoms with Crippen molar-refractivity contribution in [1.82, 2.24) is 0 Å². The molecule has 0 saturated heterocycles. The second-order valence-corrected chi connectivity index (χ2v) is 5.06. The zero-order valence-electron chi connectivity index (χ0n) is 9.46. The van der Waals surface area contributed by atoms with Gasteiger partial charge in [0.2, 0.25) is 0 Å². The lowest BCUT2D eigenvalue weighted by molar-refractivity contribution is 0.0993. The molecule has 0 unspecified atom stereocenters. The molecule has 0 amide bonds. The maximum atomic E-state index is 6.02. The molecule has 2 nitrogen and oxygen atoms in total. The normalized spacial score (nSPS) is 23.4. The van der Waals surface area contributed by atoms with E-state index in [-0.39, 0.29) is 11.0 Å². The van der Waals surface area contributed by atoms with Gasteiger partial charge in [-0.15, -0.1) is 0 Å². The van der Waals surface area contributed by atoms with Crippen LogP contribution in [-0.4, -0.2) is 12.7 Å². The van der Waals surface area contributed by atoms with Crippen LogP contribution in [0.4, 0.5) is 0 Å². The highest BCUT2D eigenvalue weighted by Gasteiger charge is 2.62. The van der Waals surface area contributed by atoms with E-state index in [2.05, 4.69) is 19.9 Å². The number of benzene rings is 1. The molecule has 80 valence electrons. The lowest BCUT2D eigenvalue weighted by atomic mass is 9.83. The summed E-state index contributed by atoms with van der Waals surface area (Å²) in [7, 11) is 1.71. The molecular weight excluding hydrogens is 188 g/mol. The summed E-state index contributed by atoms with van der Waals surface area (Å²) < 4.78 is 11.3. The molecule has 2 aliphatic rings. The first-order valence-electron chi connectivity index (χ1n) is 5.47. The minimum atomic E-state index is -0.0539. The maximum absolute atomic E-state index is 6.02. The van der Waals surface area contributed by atoms with Crippen molar-refractivity contribution in [2.45, 2.75) is 37.7 Å². The zero-order valence-corrected chi connectivity index (χ0v) is 9.46. The molecule has 1 saturated carbocycles. The van der Waals surface area contributed by atoms with E-state index in [0.717, 1.165) is 11.5 Å². The van der Waals surface area contributed by atoms with Crippen LogP contribution in [0.15, 0.2) is 18.2 Å². The van der Waals surface area contributed by atoms with Gasteiger partial charge in [-0.25, -0.2) is 0 Å². The van der Waals surface area contributed by atoms with Gasteiger partial charge < -0.3 is 9.47 Å². The molecule has 0 atom stereocenters. The van der Waals surface area contributed by atoms with Crippen molar-refractivity contribution in [3.8, 4) is 11.5 Å². The average molecular weight is 204 g/mol. The number of rotatable bonds is 1. The van der Waals surface area contributed by atoms with Gasteiger partial charge in [0.05, 0.1) is 7.11 Å². The van der Waals surface area contributed by atoms with Crippen molar-refractivity contribution >= 4 is 0 Å². The van der Waals surface area contributed by atoms with Gasteiger partial charge in [0.15, 0.2) is 0 Å². The van der Waals surface area contributed by atoms with Crippen molar-refractivity contribution < 1.29 is 9.47 Å². The third-order valence-corrected chi connectivity index (χ3v) is 3.97. The first-order chi connectivity index (χ1) is 7.09. The number of fused-ring (bicyclic) bond motifs is 2. The van der Waals surface area contributed by atoms with Crippen LogP contribution in [0.1, 0.15) is 32.3 Å². The molecule has 1 aromatic carbocycles. The predicted molar refractivity (Wildman–Crippen MR) is 58.6 cm³/mol. The van der Waals surface area contributed by atoms with Crippen molar-refractivity contribution in [3.05, 3.63) is 23.8 Å². The Morgan fingerprint density at radius 1 is 1.27 bits per heavy atom. The number of methoxy groups -OCH3 is 1. The maximum Gasteiger partial charge on any atom is 0.124 e. The van der Waals surface area contributed by atoms with Gasteiger partial charge in [-0.05, 0) is 44.9 Å². The van der Waals surface area contributed by atoms with E-state index >= 15 is 0 Å². The SMILES string of the molecule is COc1ccc2c(c1)C1(CC1)C(C)(C)O2. The predicted octanol–water partition coefficient (Wildman–Crippen LogP) is 2.90. The van der Waals surface area contributed by atoms with Crippen LogP contribution < -0.4 is 9.47 Å². The first kappa shape index (κ1) is 9.08. The Morgan fingerprint density at radius 3 is 2.60 bits per heavy atom. The quantitative estimate of drug-likeness (QED) is 0.700. The smallest absolute Gasteiger partial charge is 0.124 e. The van der Waals surface area contributed by atoms with Crippen LogP contribution in [0.25, 0.3) is 0 Å². The average Bonchev–Trinajstić information content (AvgIpc) is 2.95. The van der Waals surface area contributed by atoms with E-state index in [4.69, 9.17) is 9.47 Å². The largest absolute Gasteiger partial charge is 0.497 e. The Kier molecular flexibility index (Phi) is 1.51. The highest BCUT2D eigenvalue weighted by Crippen LogP contribution is 2.63. The van der Waals surface area contributed by atoms with Gasteiger partial charge in [0, 0.05) is 11.0 Å². The van der Waals surface area contributed by atoms with E-state index in [0.29, 0.717) is 0 Å². The monoisotopic (exact) mass is 204 g/mol. The minimum Gasteiger partial charge on any atom is -0.497 e. The summed E-state index contributed by atoms with van der Waals surface area (Å²) in [6, 6.07) is 6.14. The van der Waals surface area contributed by atoms with Crippen molar-refractivity contribution in [1.29, 1.82) is 0 Å². The molecule has 0 radical (unpaired) electrons. The molecule has 0 bridgehead atoms. The van der Waals surface area contributed by atoms with Crippen molar-refractivity contribution in [2.24, 2.45) is 0 Å². The molecule has 1 aliphatic heterocycles. The Labute approximate surface area is 90.2 Å². The molecule has 0 aromatic heterocycles.